The Kier molecular flexibility index (Phi) is 7.56. The monoisotopic (exact) mass is 491 g/mol. The van der Waals surface area contributed by atoms with Crippen LogP contribution in [-0.2, 0) is 17.8 Å². The fraction of sp³-hybridized carbons (Fsp3) is 0.269. The van der Waals surface area contributed by atoms with Gasteiger partial charge in [-0.05, 0) is 29.3 Å². The zero-order valence-electron chi connectivity index (χ0n) is 18.8. The number of aromatic nitrogens is 4. The molecule has 1 aliphatic heterocycles. The van der Waals surface area contributed by atoms with E-state index in [2.05, 4.69) is 55.0 Å². The number of thioether (sulfide) groups is 1. The molecule has 174 valence electrons. The van der Waals surface area contributed by atoms with Gasteiger partial charge in [0.05, 0.1) is 19.3 Å². The summed E-state index contributed by atoms with van der Waals surface area (Å²) < 4.78 is 8.27. The smallest absolute Gasteiger partial charge is 0.191 e. The van der Waals surface area contributed by atoms with Crippen LogP contribution in [-0.4, -0.2) is 56.2 Å². The van der Waals surface area contributed by atoms with E-state index in [4.69, 9.17) is 16.3 Å². The van der Waals surface area contributed by atoms with Gasteiger partial charge >= 0.3 is 0 Å². The predicted octanol–water partition coefficient (Wildman–Crippen LogP) is 5.03. The van der Waals surface area contributed by atoms with Crippen molar-refractivity contribution in [2.45, 2.75) is 24.3 Å². The van der Waals surface area contributed by atoms with Crippen molar-refractivity contribution < 1.29 is 4.74 Å². The number of hydrogen-bond acceptors (Lipinski definition) is 6. The summed E-state index contributed by atoms with van der Waals surface area (Å²) in [7, 11) is 0. The fourth-order valence-electron chi connectivity index (χ4n) is 4.08. The van der Waals surface area contributed by atoms with Crippen LogP contribution in [0.4, 0.5) is 0 Å². The van der Waals surface area contributed by atoms with Crippen LogP contribution in [0.25, 0.3) is 11.4 Å². The van der Waals surface area contributed by atoms with Gasteiger partial charge in [0.1, 0.15) is 0 Å². The van der Waals surface area contributed by atoms with E-state index in [0.717, 1.165) is 52.5 Å². The van der Waals surface area contributed by atoms with E-state index in [9.17, 15) is 0 Å². The highest BCUT2D eigenvalue weighted by molar-refractivity contribution is 7.99. The summed E-state index contributed by atoms with van der Waals surface area (Å²) in [6, 6.07) is 22.4. The van der Waals surface area contributed by atoms with Gasteiger partial charge in [-0.25, -0.2) is 0 Å². The molecule has 0 radical (unpaired) electrons. The van der Waals surface area contributed by atoms with Gasteiger partial charge in [0.2, 0.25) is 0 Å². The molecule has 3 heterocycles. The average molecular weight is 492 g/mol. The van der Waals surface area contributed by atoms with E-state index < -0.39 is 0 Å². The molecule has 0 spiro atoms. The average Bonchev–Trinajstić information content (AvgIpc) is 3.28. The second-order valence-corrected chi connectivity index (χ2v) is 9.64. The molecule has 1 atom stereocenters. The molecular formula is C26H26ClN5OS. The molecule has 5 rings (SSSR count). The molecule has 2 aromatic carbocycles. The first-order valence-corrected chi connectivity index (χ1v) is 12.7. The molecule has 1 saturated heterocycles. The summed E-state index contributed by atoms with van der Waals surface area (Å²) in [5, 5.41) is 10.8. The molecule has 0 unspecified atom stereocenters. The minimum Gasteiger partial charge on any atom is -0.375 e. The van der Waals surface area contributed by atoms with E-state index in [1.54, 1.807) is 24.2 Å². The number of pyridine rings is 1. The lowest BCUT2D eigenvalue weighted by Gasteiger charge is -2.33. The molecule has 6 nitrogen and oxygen atoms in total. The third-order valence-corrected chi connectivity index (χ3v) is 7.28. The largest absolute Gasteiger partial charge is 0.375 e. The summed E-state index contributed by atoms with van der Waals surface area (Å²) >= 11 is 8.07. The van der Waals surface area contributed by atoms with E-state index in [0.29, 0.717) is 13.2 Å². The molecule has 1 aliphatic rings. The van der Waals surface area contributed by atoms with Gasteiger partial charge in [-0.3, -0.25) is 14.5 Å². The molecule has 0 saturated carbocycles. The number of hydrogen-bond donors (Lipinski definition) is 0. The Morgan fingerprint density at radius 2 is 1.74 bits per heavy atom. The van der Waals surface area contributed by atoms with Crippen molar-refractivity contribution >= 4 is 23.4 Å². The van der Waals surface area contributed by atoms with Crippen LogP contribution < -0.4 is 0 Å². The molecule has 34 heavy (non-hydrogen) atoms. The Bertz CT molecular complexity index is 1200. The standard InChI is InChI=1S/C26H26ClN5OS/c27-24-9-5-4-8-22(24)17-31-14-15-33-23(18-31)19-34-26-30-29-25(21-10-12-28-13-11-21)32(26)16-20-6-2-1-3-7-20/h1-13,23H,14-19H2/t23-/m0/s1. The minimum absolute atomic E-state index is 0.118. The molecule has 4 aromatic rings. The van der Waals surface area contributed by atoms with Crippen LogP contribution in [0.3, 0.4) is 0 Å². The van der Waals surface area contributed by atoms with Crippen molar-refractivity contribution in [1.29, 1.82) is 0 Å². The van der Waals surface area contributed by atoms with Crippen molar-refractivity contribution in [1.82, 2.24) is 24.6 Å². The van der Waals surface area contributed by atoms with Crippen molar-refractivity contribution in [3.05, 3.63) is 95.3 Å². The predicted molar refractivity (Wildman–Crippen MR) is 136 cm³/mol. The van der Waals surface area contributed by atoms with Crippen LogP contribution in [0.1, 0.15) is 11.1 Å². The minimum atomic E-state index is 0.118. The molecular weight excluding hydrogens is 466 g/mol. The van der Waals surface area contributed by atoms with Gasteiger partial charge in [0.25, 0.3) is 0 Å². The van der Waals surface area contributed by atoms with Crippen LogP contribution in [0.5, 0.6) is 0 Å². The Labute approximate surface area is 208 Å². The zero-order chi connectivity index (χ0) is 23.2. The Morgan fingerprint density at radius 1 is 0.941 bits per heavy atom. The molecule has 8 heteroatoms. The normalized spacial score (nSPS) is 16.6. The Morgan fingerprint density at radius 3 is 2.56 bits per heavy atom. The first-order chi connectivity index (χ1) is 16.8. The van der Waals surface area contributed by atoms with Crippen LogP contribution in [0.2, 0.25) is 5.02 Å². The van der Waals surface area contributed by atoms with E-state index >= 15 is 0 Å². The summed E-state index contributed by atoms with van der Waals surface area (Å²) in [5.41, 5.74) is 3.37. The molecule has 0 bridgehead atoms. The molecule has 1 fully saturated rings. The van der Waals surface area contributed by atoms with Crippen molar-refractivity contribution in [2.24, 2.45) is 0 Å². The lowest BCUT2D eigenvalue weighted by Crippen LogP contribution is -2.43. The first-order valence-electron chi connectivity index (χ1n) is 11.3. The summed E-state index contributed by atoms with van der Waals surface area (Å²) in [5.74, 6) is 1.65. The maximum Gasteiger partial charge on any atom is 0.191 e. The van der Waals surface area contributed by atoms with E-state index in [1.807, 2.05) is 36.4 Å². The SMILES string of the molecule is Clc1ccccc1CN1CCO[C@H](CSc2nnc(-c3ccncc3)n2Cc2ccccc2)C1. The number of nitrogens with zero attached hydrogens (tertiary/aromatic N) is 5. The van der Waals surface area contributed by atoms with Gasteiger partial charge in [-0.2, -0.15) is 0 Å². The molecule has 2 aromatic heterocycles. The summed E-state index contributed by atoms with van der Waals surface area (Å²) in [6.45, 7) is 4.03. The Hall–Kier alpha value is -2.71. The van der Waals surface area contributed by atoms with Crippen LogP contribution in [0, 0.1) is 0 Å². The number of rotatable bonds is 8. The highest BCUT2D eigenvalue weighted by Crippen LogP contribution is 2.27. The van der Waals surface area contributed by atoms with E-state index in [1.165, 1.54) is 5.56 Å². The first kappa shape index (κ1) is 23.1. The van der Waals surface area contributed by atoms with Crippen molar-refractivity contribution in [2.75, 3.05) is 25.4 Å². The van der Waals surface area contributed by atoms with Gasteiger partial charge < -0.3 is 4.74 Å². The lowest BCUT2D eigenvalue weighted by molar-refractivity contribution is -0.0187. The van der Waals surface area contributed by atoms with Gasteiger partial charge in [0.15, 0.2) is 11.0 Å². The number of benzene rings is 2. The Balaban J connectivity index is 1.29. The van der Waals surface area contributed by atoms with E-state index in [-0.39, 0.29) is 6.10 Å². The second-order valence-electron chi connectivity index (χ2n) is 8.24. The highest BCUT2D eigenvalue weighted by Gasteiger charge is 2.23. The van der Waals surface area contributed by atoms with Crippen molar-refractivity contribution in [3.63, 3.8) is 0 Å². The van der Waals surface area contributed by atoms with Gasteiger partial charge in [0, 0.05) is 48.4 Å². The van der Waals surface area contributed by atoms with Gasteiger partial charge in [-0.15, -0.1) is 10.2 Å². The highest BCUT2D eigenvalue weighted by atomic mass is 35.5. The maximum absolute atomic E-state index is 6.37. The lowest BCUT2D eigenvalue weighted by atomic mass is 10.2. The summed E-state index contributed by atoms with van der Waals surface area (Å²) in [6.07, 6.45) is 3.69. The topological polar surface area (TPSA) is 56.1 Å². The fourth-order valence-corrected chi connectivity index (χ4v) is 5.22. The van der Waals surface area contributed by atoms with Gasteiger partial charge in [-0.1, -0.05) is 71.9 Å². The maximum atomic E-state index is 6.37. The molecule has 0 aliphatic carbocycles. The third-order valence-electron chi connectivity index (χ3n) is 5.81. The molecule has 0 amide bonds. The van der Waals surface area contributed by atoms with Crippen molar-refractivity contribution in [3.8, 4) is 11.4 Å². The molecule has 0 N–H and O–H groups in total. The van der Waals surface area contributed by atoms with Crippen LogP contribution >= 0.6 is 23.4 Å². The quantitative estimate of drug-likeness (QED) is 0.322. The zero-order valence-corrected chi connectivity index (χ0v) is 20.3. The second kappa shape index (κ2) is 11.1. The number of morpholine rings is 1. The van der Waals surface area contributed by atoms with Crippen LogP contribution in [0.15, 0.2) is 84.3 Å². The number of halogens is 1. The number of ether oxygens (including phenoxy) is 1. The summed E-state index contributed by atoms with van der Waals surface area (Å²) in [4.78, 5) is 6.55. The third kappa shape index (κ3) is 5.67.